The molecule has 0 fully saturated rings. The molecule has 1 rings (SSSR count). The lowest BCUT2D eigenvalue weighted by Crippen LogP contribution is -2.32. The molecule has 0 aliphatic rings. The highest BCUT2D eigenvalue weighted by Gasteiger charge is 2.16. The van der Waals surface area contributed by atoms with Gasteiger partial charge in [0.15, 0.2) is 0 Å². The first-order chi connectivity index (χ1) is 6.79. The minimum absolute atomic E-state index is 0.0637. The van der Waals surface area contributed by atoms with Crippen LogP contribution in [0.3, 0.4) is 0 Å². The number of carbonyl (C=O) groups is 1. The molecule has 14 heavy (non-hydrogen) atoms. The van der Waals surface area contributed by atoms with Crippen LogP contribution in [0.1, 0.15) is 37.2 Å². The Labute approximate surface area is 83.9 Å². The van der Waals surface area contributed by atoms with Crippen LogP contribution in [0.4, 0.5) is 0 Å². The predicted octanol–water partition coefficient (Wildman–Crippen LogP) is 1.94. The SMILES string of the molecule is CCCN(CCC)C(=O)c1ccno1. The maximum absolute atomic E-state index is 11.8. The molecule has 0 aliphatic heterocycles. The Morgan fingerprint density at radius 2 is 2.07 bits per heavy atom. The first-order valence-corrected chi connectivity index (χ1v) is 4.99. The van der Waals surface area contributed by atoms with Gasteiger partial charge in [0, 0.05) is 19.2 Å². The molecular weight excluding hydrogens is 180 g/mol. The first-order valence-electron chi connectivity index (χ1n) is 4.99. The summed E-state index contributed by atoms with van der Waals surface area (Å²) in [6.45, 7) is 5.65. The van der Waals surface area contributed by atoms with Crippen molar-refractivity contribution in [1.29, 1.82) is 0 Å². The summed E-state index contributed by atoms with van der Waals surface area (Å²) in [5, 5.41) is 3.52. The van der Waals surface area contributed by atoms with Crippen LogP contribution in [0.5, 0.6) is 0 Å². The lowest BCUT2D eigenvalue weighted by Gasteiger charge is -2.19. The zero-order chi connectivity index (χ0) is 10.4. The van der Waals surface area contributed by atoms with Crippen LogP contribution in [0.2, 0.25) is 0 Å². The van der Waals surface area contributed by atoms with Crippen molar-refractivity contribution in [1.82, 2.24) is 10.1 Å². The highest BCUT2D eigenvalue weighted by Crippen LogP contribution is 2.05. The average Bonchev–Trinajstić information content (AvgIpc) is 2.69. The van der Waals surface area contributed by atoms with E-state index in [-0.39, 0.29) is 5.91 Å². The van der Waals surface area contributed by atoms with Crippen LogP contribution in [-0.4, -0.2) is 29.1 Å². The highest BCUT2D eigenvalue weighted by atomic mass is 16.5. The molecule has 1 aromatic heterocycles. The summed E-state index contributed by atoms with van der Waals surface area (Å²) in [5.41, 5.74) is 0. The highest BCUT2D eigenvalue weighted by molar-refractivity contribution is 5.91. The number of hydrogen-bond acceptors (Lipinski definition) is 3. The van der Waals surface area contributed by atoms with Gasteiger partial charge in [-0.3, -0.25) is 4.79 Å². The van der Waals surface area contributed by atoms with Crippen molar-refractivity contribution >= 4 is 5.91 Å². The van der Waals surface area contributed by atoms with E-state index in [4.69, 9.17) is 4.52 Å². The molecule has 0 saturated heterocycles. The summed E-state index contributed by atoms with van der Waals surface area (Å²) < 4.78 is 4.83. The Hall–Kier alpha value is -1.32. The van der Waals surface area contributed by atoms with Gasteiger partial charge < -0.3 is 9.42 Å². The standard InChI is InChI=1S/C10H16N2O2/c1-3-7-12(8-4-2)10(13)9-5-6-11-14-9/h5-6H,3-4,7-8H2,1-2H3. The van der Waals surface area contributed by atoms with E-state index in [1.54, 1.807) is 11.0 Å². The molecule has 0 spiro atoms. The molecule has 1 aromatic rings. The van der Waals surface area contributed by atoms with Crippen LogP contribution >= 0.6 is 0 Å². The van der Waals surface area contributed by atoms with Crippen molar-refractivity contribution in [3.05, 3.63) is 18.0 Å². The fourth-order valence-corrected chi connectivity index (χ4v) is 1.34. The normalized spacial score (nSPS) is 10.1. The summed E-state index contributed by atoms with van der Waals surface area (Å²) in [4.78, 5) is 13.6. The molecule has 78 valence electrons. The topological polar surface area (TPSA) is 46.3 Å². The zero-order valence-electron chi connectivity index (χ0n) is 8.69. The van der Waals surface area contributed by atoms with E-state index in [9.17, 15) is 4.79 Å². The van der Waals surface area contributed by atoms with Gasteiger partial charge in [-0.05, 0) is 12.8 Å². The van der Waals surface area contributed by atoms with Crippen LogP contribution < -0.4 is 0 Å². The van der Waals surface area contributed by atoms with Crippen molar-refractivity contribution in [2.24, 2.45) is 0 Å². The Balaban J connectivity index is 2.63. The average molecular weight is 196 g/mol. The van der Waals surface area contributed by atoms with Crippen LogP contribution in [0.15, 0.2) is 16.8 Å². The maximum Gasteiger partial charge on any atom is 0.292 e. The van der Waals surface area contributed by atoms with Gasteiger partial charge in [-0.2, -0.15) is 0 Å². The lowest BCUT2D eigenvalue weighted by atomic mass is 10.3. The second-order valence-corrected chi connectivity index (χ2v) is 3.17. The molecular formula is C10H16N2O2. The van der Waals surface area contributed by atoms with E-state index in [2.05, 4.69) is 19.0 Å². The third-order valence-electron chi connectivity index (χ3n) is 1.92. The number of amides is 1. The second kappa shape index (κ2) is 5.42. The molecule has 0 bridgehead atoms. The number of hydrogen-bond donors (Lipinski definition) is 0. The molecule has 4 nitrogen and oxygen atoms in total. The van der Waals surface area contributed by atoms with Gasteiger partial charge in [0.05, 0.1) is 6.20 Å². The van der Waals surface area contributed by atoms with E-state index in [0.717, 1.165) is 25.9 Å². The minimum atomic E-state index is -0.0637. The number of rotatable bonds is 5. The van der Waals surface area contributed by atoms with Crippen LogP contribution in [0, 0.1) is 0 Å². The minimum Gasteiger partial charge on any atom is -0.351 e. The van der Waals surface area contributed by atoms with Crippen LogP contribution in [-0.2, 0) is 0 Å². The Bertz CT molecular complexity index is 264. The molecule has 0 N–H and O–H groups in total. The van der Waals surface area contributed by atoms with E-state index in [1.165, 1.54) is 6.20 Å². The van der Waals surface area contributed by atoms with Crippen molar-refractivity contribution in [2.45, 2.75) is 26.7 Å². The Morgan fingerprint density at radius 1 is 1.43 bits per heavy atom. The monoisotopic (exact) mass is 196 g/mol. The maximum atomic E-state index is 11.8. The van der Waals surface area contributed by atoms with E-state index in [0.29, 0.717) is 5.76 Å². The fraction of sp³-hybridized carbons (Fsp3) is 0.600. The predicted molar refractivity (Wildman–Crippen MR) is 53.0 cm³/mol. The third-order valence-corrected chi connectivity index (χ3v) is 1.92. The van der Waals surface area contributed by atoms with Crippen LogP contribution in [0.25, 0.3) is 0 Å². The zero-order valence-corrected chi connectivity index (χ0v) is 8.69. The van der Waals surface area contributed by atoms with Gasteiger partial charge in [-0.1, -0.05) is 19.0 Å². The lowest BCUT2D eigenvalue weighted by molar-refractivity contribution is 0.0713. The molecule has 0 radical (unpaired) electrons. The Kier molecular flexibility index (Phi) is 4.16. The molecule has 0 aromatic carbocycles. The number of nitrogens with zero attached hydrogens (tertiary/aromatic N) is 2. The van der Waals surface area contributed by atoms with Gasteiger partial charge in [-0.15, -0.1) is 0 Å². The summed E-state index contributed by atoms with van der Waals surface area (Å²) in [6, 6.07) is 1.60. The van der Waals surface area contributed by atoms with E-state index in [1.807, 2.05) is 0 Å². The van der Waals surface area contributed by atoms with Gasteiger partial charge in [0.1, 0.15) is 0 Å². The van der Waals surface area contributed by atoms with Crippen molar-refractivity contribution in [2.75, 3.05) is 13.1 Å². The number of aromatic nitrogens is 1. The smallest absolute Gasteiger partial charge is 0.292 e. The molecule has 1 amide bonds. The summed E-state index contributed by atoms with van der Waals surface area (Å²) in [6.07, 6.45) is 3.41. The first kappa shape index (κ1) is 10.8. The molecule has 0 saturated carbocycles. The van der Waals surface area contributed by atoms with E-state index >= 15 is 0 Å². The Morgan fingerprint density at radius 3 is 2.50 bits per heavy atom. The second-order valence-electron chi connectivity index (χ2n) is 3.17. The van der Waals surface area contributed by atoms with Gasteiger partial charge in [0.25, 0.3) is 5.91 Å². The molecule has 0 unspecified atom stereocenters. The van der Waals surface area contributed by atoms with E-state index < -0.39 is 0 Å². The molecule has 4 heteroatoms. The summed E-state index contributed by atoms with van der Waals surface area (Å²) in [5.74, 6) is 0.262. The number of carbonyl (C=O) groups excluding carboxylic acids is 1. The summed E-state index contributed by atoms with van der Waals surface area (Å²) in [7, 11) is 0. The molecule has 0 aliphatic carbocycles. The fourth-order valence-electron chi connectivity index (χ4n) is 1.34. The molecule has 0 atom stereocenters. The third kappa shape index (κ3) is 2.58. The van der Waals surface area contributed by atoms with Gasteiger partial charge in [0.2, 0.25) is 5.76 Å². The quantitative estimate of drug-likeness (QED) is 0.723. The molecule has 1 heterocycles. The largest absolute Gasteiger partial charge is 0.351 e. The van der Waals surface area contributed by atoms with Crippen molar-refractivity contribution in [3.8, 4) is 0 Å². The van der Waals surface area contributed by atoms with Crippen molar-refractivity contribution < 1.29 is 9.32 Å². The van der Waals surface area contributed by atoms with Crippen molar-refractivity contribution in [3.63, 3.8) is 0 Å². The summed E-state index contributed by atoms with van der Waals surface area (Å²) >= 11 is 0. The van der Waals surface area contributed by atoms with Gasteiger partial charge in [-0.25, -0.2) is 0 Å². The van der Waals surface area contributed by atoms with Gasteiger partial charge >= 0.3 is 0 Å².